The van der Waals surface area contributed by atoms with Crippen LogP contribution in [0.3, 0.4) is 0 Å². The van der Waals surface area contributed by atoms with E-state index in [1.165, 1.54) is 29.6 Å². The van der Waals surface area contributed by atoms with E-state index in [0.29, 0.717) is 5.56 Å². The van der Waals surface area contributed by atoms with Crippen LogP contribution in [-0.2, 0) is 16.6 Å². The fraction of sp³-hybridized carbons (Fsp3) is 0.130. The summed E-state index contributed by atoms with van der Waals surface area (Å²) >= 11 is 0. The highest BCUT2D eigenvalue weighted by atomic mass is 32.2. The SMILES string of the molecule is Cc1ccc(S(=O)(=O)N(C)Cc2ccc(C(=O)NN=Cc3ccc(F)cc3F)cc2)cc1. The van der Waals surface area contributed by atoms with E-state index in [4.69, 9.17) is 0 Å². The molecule has 0 aliphatic rings. The van der Waals surface area contributed by atoms with E-state index in [-0.39, 0.29) is 22.6 Å². The van der Waals surface area contributed by atoms with Crippen LogP contribution in [0, 0.1) is 18.6 Å². The zero-order valence-corrected chi connectivity index (χ0v) is 18.2. The number of halogens is 2. The maximum absolute atomic E-state index is 13.6. The molecule has 0 aromatic heterocycles. The van der Waals surface area contributed by atoms with E-state index in [9.17, 15) is 22.0 Å². The highest BCUT2D eigenvalue weighted by molar-refractivity contribution is 7.89. The van der Waals surface area contributed by atoms with Crippen LogP contribution in [0.2, 0.25) is 0 Å². The Labute approximate surface area is 185 Å². The van der Waals surface area contributed by atoms with Gasteiger partial charge in [0.05, 0.1) is 11.1 Å². The van der Waals surface area contributed by atoms with Crippen LogP contribution in [0.5, 0.6) is 0 Å². The highest BCUT2D eigenvalue weighted by Gasteiger charge is 2.20. The van der Waals surface area contributed by atoms with Crippen molar-refractivity contribution in [1.82, 2.24) is 9.73 Å². The predicted octanol–water partition coefficient (Wildman–Crippen LogP) is 3.86. The van der Waals surface area contributed by atoms with E-state index in [1.807, 2.05) is 6.92 Å². The van der Waals surface area contributed by atoms with Gasteiger partial charge in [-0.3, -0.25) is 4.79 Å². The van der Waals surface area contributed by atoms with E-state index in [2.05, 4.69) is 10.5 Å². The molecule has 3 aromatic rings. The molecule has 1 amide bonds. The molecule has 0 unspecified atom stereocenters. The number of rotatable bonds is 7. The third-order valence-corrected chi connectivity index (χ3v) is 6.50. The maximum atomic E-state index is 13.6. The third kappa shape index (κ3) is 5.63. The average molecular weight is 458 g/mol. The minimum Gasteiger partial charge on any atom is -0.267 e. The van der Waals surface area contributed by atoms with Crippen LogP contribution in [-0.4, -0.2) is 31.9 Å². The molecule has 0 fully saturated rings. The summed E-state index contributed by atoms with van der Waals surface area (Å²) in [5.74, 6) is -2.03. The molecule has 1 N–H and O–H groups in total. The van der Waals surface area contributed by atoms with Crippen LogP contribution in [0.1, 0.15) is 27.0 Å². The highest BCUT2D eigenvalue weighted by Crippen LogP contribution is 2.17. The molecule has 0 atom stereocenters. The van der Waals surface area contributed by atoms with E-state index >= 15 is 0 Å². The zero-order valence-electron chi connectivity index (χ0n) is 17.4. The molecular weight excluding hydrogens is 436 g/mol. The Morgan fingerprint density at radius 3 is 2.31 bits per heavy atom. The maximum Gasteiger partial charge on any atom is 0.271 e. The van der Waals surface area contributed by atoms with Gasteiger partial charge in [-0.05, 0) is 48.9 Å². The number of sulfonamides is 1. The minimum absolute atomic E-state index is 0.0277. The summed E-state index contributed by atoms with van der Waals surface area (Å²) in [6, 6.07) is 16.0. The van der Waals surface area contributed by atoms with Crippen molar-refractivity contribution in [3.8, 4) is 0 Å². The fourth-order valence-electron chi connectivity index (χ4n) is 2.82. The first-order valence-electron chi connectivity index (χ1n) is 9.57. The number of benzene rings is 3. The largest absolute Gasteiger partial charge is 0.271 e. The molecule has 0 saturated heterocycles. The predicted molar refractivity (Wildman–Crippen MR) is 118 cm³/mol. The van der Waals surface area contributed by atoms with Crippen LogP contribution in [0.4, 0.5) is 8.78 Å². The monoisotopic (exact) mass is 457 g/mol. The third-order valence-electron chi connectivity index (χ3n) is 4.68. The molecule has 0 radical (unpaired) electrons. The van der Waals surface area contributed by atoms with Crippen molar-refractivity contribution in [3.63, 3.8) is 0 Å². The lowest BCUT2D eigenvalue weighted by atomic mass is 10.1. The average Bonchev–Trinajstić information content (AvgIpc) is 2.76. The number of amides is 1. The first kappa shape index (κ1) is 23.2. The van der Waals surface area contributed by atoms with Gasteiger partial charge >= 0.3 is 0 Å². The Kier molecular flexibility index (Phi) is 7.12. The van der Waals surface area contributed by atoms with E-state index in [0.717, 1.165) is 23.9 Å². The molecule has 0 bridgehead atoms. The van der Waals surface area contributed by atoms with E-state index in [1.54, 1.807) is 36.4 Å². The minimum atomic E-state index is -3.64. The van der Waals surface area contributed by atoms with Gasteiger partial charge in [-0.25, -0.2) is 22.6 Å². The van der Waals surface area contributed by atoms with Gasteiger partial charge in [0.25, 0.3) is 5.91 Å². The Morgan fingerprint density at radius 2 is 1.69 bits per heavy atom. The van der Waals surface area contributed by atoms with Gasteiger partial charge in [-0.15, -0.1) is 0 Å². The second kappa shape index (κ2) is 9.80. The smallest absolute Gasteiger partial charge is 0.267 e. The summed E-state index contributed by atoms with van der Waals surface area (Å²) in [6.45, 7) is 2.00. The molecule has 0 saturated carbocycles. The molecule has 6 nitrogen and oxygen atoms in total. The van der Waals surface area contributed by atoms with Crippen molar-refractivity contribution in [1.29, 1.82) is 0 Å². The number of hydrogen-bond acceptors (Lipinski definition) is 4. The molecule has 3 aromatic carbocycles. The van der Waals surface area contributed by atoms with Gasteiger partial charge in [0.2, 0.25) is 10.0 Å². The summed E-state index contributed by atoms with van der Waals surface area (Å²) in [5, 5.41) is 3.68. The lowest BCUT2D eigenvalue weighted by Crippen LogP contribution is -2.26. The topological polar surface area (TPSA) is 78.8 Å². The second-order valence-electron chi connectivity index (χ2n) is 7.14. The lowest BCUT2D eigenvalue weighted by molar-refractivity contribution is 0.0955. The van der Waals surface area contributed by atoms with Crippen molar-refractivity contribution in [2.75, 3.05) is 7.05 Å². The molecule has 0 spiro atoms. The number of carbonyl (C=O) groups excluding carboxylic acids is 1. The van der Waals surface area contributed by atoms with Gasteiger partial charge < -0.3 is 0 Å². The molecule has 32 heavy (non-hydrogen) atoms. The van der Waals surface area contributed by atoms with Crippen molar-refractivity contribution >= 4 is 22.1 Å². The summed E-state index contributed by atoms with van der Waals surface area (Å²) in [4.78, 5) is 12.4. The van der Waals surface area contributed by atoms with Crippen molar-refractivity contribution in [2.45, 2.75) is 18.4 Å². The Hall–Kier alpha value is -3.43. The second-order valence-corrected chi connectivity index (χ2v) is 9.18. The first-order chi connectivity index (χ1) is 15.2. The van der Waals surface area contributed by atoms with Crippen LogP contribution >= 0.6 is 0 Å². The number of hydrazone groups is 1. The number of nitrogens with zero attached hydrogens (tertiary/aromatic N) is 2. The molecular formula is C23H21F2N3O3S. The molecule has 166 valence electrons. The van der Waals surface area contributed by atoms with Crippen molar-refractivity contribution in [2.24, 2.45) is 5.10 Å². The first-order valence-corrected chi connectivity index (χ1v) is 11.0. The standard InChI is InChI=1S/C23H21F2N3O3S/c1-16-3-11-21(12-4-16)32(30,31)28(2)15-17-5-7-18(8-6-17)23(29)27-26-14-19-9-10-20(24)13-22(19)25/h3-14H,15H2,1-2H3,(H,27,29). The Bertz CT molecular complexity index is 1240. The summed E-state index contributed by atoms with van der Waals surface area (Å²) < 4.78 is 53.1. The van der Waals surface area contributed by atoms with Gasteiger partial charge in [-0.1, -0.05) is 29.8 Å². The molecule has 9 heteroatoms. The molecule has 0 aliphatic heterocycles. The number of aryl methyl sites for hydroxylation is 1. The summed E-state index contributed by atoms with van der Waals surface area (Å²) in [5.41, 5.74) is 4.23. The van der Waals surface area contributed by atoms with Gasteiger partial charge in [-0.2, -0.15) is 9.41 Å². The lowest BCUT2D eigenvalue weighted by Gasteiger charge is -2.17. The van der Waals surface area contributed by atoms with Gasteiger partial charge in [0.15, 0.2) is 0 Å². The van der Waals surface area contributed by atoms with Crippen LogP contribution in [0.25, 0.3) is 0 Å². The summed E-state index contributed by atoms with van der Waals surface area (Å²) in [7, 11) is -2.16. The number of nitrogens with one attached hydrogen (secondary N) is 1. The normalized spacial score (nSPS) is 11.8. The van der Waals surface area contributed by atoms with Crippen LogP contribution < -0.4 is 5.43 Å². The van der Waals surface area contributed by atoms with Crippen LogP contribution in [0.15, 0.2) is 76.7 Å². The zero-order chi connectivity index (χ0) is 23.3. The van der Waals surface area contributed by atoms with Gasteiger partial charge in [0.1, 0.15) is 11.6 Å². The van der Waals surface area contributed by atoms with E-state index < -0.39 is 27.6 Å². The number of carbonyl (C=O) groups is 1. The number of hydrogen-bond donors (Lipinski definition) is 1. The van der Waals surface area contributed by atoms with Gasteiger partial charge in [0, 0.05) is 30.8 Å². The molecule has 3 rings (SSSR count). The fourth-order valence-corrected chi connectivity index (χ4v) is 3.98. The van der Waals surface area contributed by atoms with Crippen molar-refractivity contribution in [3.05, 3.63) is 101 Å². The molecule has 0 aliphatic carbocycles. The van der Waals surface area contributed by atoms with Crippen molar-refractivity contribution < 1.29 is 22.0 Å². The Morgan fingerprint density at radius 1 is 1.03 bits per heavy atom. The quantitative estimate of drug-likeness (QED) is 0.432. The summed E-state index contributed by atoms with van der Waals surface area (Å²) in [6.07, 6.45) is 1.08. The molecule has 0 heterocycles. The Balaban J connectivity index is 1.62.